The molecule has 0 atom stereocenters. The maximum absolute atomic E-state index is 4.19. The van der Waals surface area contributed by atoms with Gasteiger partial charge in [-0.25, -0.2) is 0 Å². The van der Waals surface area contributed by atoms with E-state index in [1.54, 1.807) is 0 Å². The van der Waals surface area contributed by atoms with Crippen molar-refractivity contribution >= 4 is 12.2 Å². The van der Waals surface area contributed by atoms with E-state index in [-0.39, 0.29) is 0 Å². The van der Waals surface area contributed by atoms with Crippen LogP contribution in [0.4, 0.5) is 0 Å². The molecular weight excluding hydrogens is 172 g/mol. The highest BCUT2D eigenvalue weighted by atomic mass is 15.1. The monoisotopic (exact) mass is 188 g/mol. The summed E-state index contributed by atoms with van der Waals surface area (Å²) in [5, 5.41) is 8.30. The third kappa shape index (κ3) is 1.74. The van der Waals surface area contributed by atoms with Gasteiger partial charge in [0.1, 0.15) is 0 Å². The third-order valence-corrected chi connectivity index (χ3v) is 2.22. The topological polar surface area (TPSA) is 25.8 Å². The third-order valence-electron chi connectivity index (χ3n) is 2.22. The minimum absolute atomic E-state index is 0.356. The molecule has 0 saturated carbocycles. The lowest BCUT2D eigenvalue weighted by atomic mass is 9.99. The van der Waals surface area contributed by atoms with Crippen LogP contribution in [0.25, 0.3) is 12.2 Å². The van der Waals surface area contributed by atoms with Crippen LogP contribution in [-0.4, -0.2) is 10.2 Å². The van der Waals surface area contributed by atoms with Crippen LogP contribution in [0.1, 0.15) is 42.3 Å². The molecule has 2 nitrogen and oxygen atoms in total. The predicted octanol–water partition coefficient (Wildman–Crippen LogP) is 3.19. The number of aryl methyl sites for hydroxylation is 1. The first kappa shape index (κ1) is 10.6. The minimum atomic E-state index is 0.356. The molecule has 74 valence electrons. The Labute approximate surface area is 85.4 Å². The second-order valence-corrected chi connectivity index (χ2v) is 3.56. The summed E-state index contributed by atoms with van der Waals surface area (Å²) < 4.78 is 0. The Morgan fingerprint density at radius 2 is 1.64 bits per heavy atom. The van der Waals surface area contributed by atoms with Crippen LogP contribution >= 0.6 is 0 Å². The molecule has 0 saturated heterocycles. The lowest BCUT2D eigenvalue weighted by Crippen LogP contribution is -2.04. The lowest BCUT2D eigenvalue weighted by Gasteiger charge is -2.11. The summed E-state index contributed by atoms with van der Waals surface area (Å²) in [5.41, 5.74) is 3.99. The molecule has 1 aromatic heterocycles. The van der Waals surface area contributed by atoms with Gasteiger partial charge in [0.2, 0.25) is 0 Å². The van der Waals surface area contributed by atoms with E-state index >= 15 is 0 Å². The summed E-state index contributed by atoms with van der Waals surface area (Å²) in [4.78, 5) is 0. The quantitative estimate of drug-likeness (QED) is 0.728. The van der Waals surface area contributed by atoms with Crippen molar-refractivity contribution in [2.45, 2.75) is 26.7 Å². The Kier molecular flexibility index (Phi) is 3.18. The fourth-order valence-corrected chi connectivity index (χ4v) is 1.47. The standard InChI is InChI=1S/C12H16N2/c1-6-10-9(5)13-14-12(8(3)4)11(10)7-2/h6-8H,1-2H2,3-5H3. The van der Waals surface area contributed by atoms with Crippen LogP contribution < -0.4 is 0 Å². The molecule has 0 amide bonds. The van der Waals surface area contributed by atoms with Crippen molar-refractivity contribution in [2.24, 2.45) is 0 Å². The van der Waals surface area contributed by atoms with Crippen LogP contribution in [0.5, 0.6) is 0 Å². The minimum Gasteiger partial charge on any atom is -0.155 e. The molecule has 0 aliphatic rings. The normalized spacial score (nSPS) is 10.3. The molecule has 0 aromatic carbocycles. The fourth-order valence-electron chi connectivity index (χ4n) is 1.47. The van der Waals surface area contributed by atoms with Crippen molar-refractivity contribution in [3.63, 3.8) is 0 Å². The lowest BCUT2D eigenvalue weighted by molar-refractivity contribution is 0.772. The van der Waals surface area contributed by atoms with E-state index in [1.165, 1.54) is 0 Å². The van der Waals surface area contributed by atoms with Gasteiger partial charge in [-0.15, -0.1) is 0 Å². The Morgan fingerprint density at radius 3 is 2.07 bits per heavy atom. The summed E-state index contributed by atoms with van der Waals surface area (Å²) in [6.45, 7) is 13.7. The van der Waals surface area contributed by atoms with Gasteiger partial charge < -0.3 is 0 Å². The van der Waals surface area contributed by atoms with Gasteiger partial charge in [-0.1, -0.05) is 39.2 Å². The Bertz CT molecular complexity index is 365. The van der Waals surface area contributed by atoms with E-state index in [2.05, 4.69) is 37.2 Å². The maximum Gasteiger partial charge on any atom is 0.0734 e. The first-order chi connectivity index (χ1) is 6.61. The molecule has 0 spiro atoms. The zero-order valence-corrected chi connectivity index (χ0v) is 9.04. The highest BCUT2D eigenvalue weighted by Crippen LogP contribution is 2.23. The first-order valence-electron chi connectivity index (χ1n) is 4.73. The Balaban J connectivity index is 3.48. The highest BCUT2D eigenvalue weighted by Gasteiger charge is 2.11. The van der Waals surface area contributed by atoms with Gasteiger partial charge in [0, 0.05) is 11.1 Å². The van der Waals surface area contributed by atoms with Crippen LogP contribution in [0.15, 0.2) is 13.2 Å². The number of hydrogen-bond acceptors (Lipinski definition) is 2. The summed E-state index contributed by atoms with van der Waals surface area (Å²) >= 11 is 0. The van der Waals surface area contributed by atoms with Gasteiger partial charge >= 0.3 is 0 Å². The summed E-state index contributed by atoms with van der Waals surface area (Å²) in [6.07, 6.45) is 3.64. The molecule has 0 N–H and O–H groups in total. The summed E-state index contributed by atoms with van der Waals surface area (Å²) in [6, 6.07) is 0. The summed E-state index contributed by atoms with van der Waals surface area (Å²) in [5.74, 6) is 0.356. The second kappa shape index (κ2) is 4.18. The summed E-state index contributed by atoms with van der Waals surface area (Å²) in [7, 11) is 0. The van der Waals surface area contributed by atoms with E-state index in [0.717, 1.165) is 22.5 Å². The average Bonchev–Trinajstić information content (AvgIpc) is 2.16. The van der Waals surface area contributed by atoms with Gasteiger partial charge in [-0.3, -0.25) is 0 Å². The molecule has 2 heteroatoms. The van der Waals surface area contributed by atoms with Crippen LogP contribution in [0.2, 0.25) is 0 Å². The van der Waals surface area contributed by atoms with Gasteiger partial charge in [0.25, 0.3) is 0 Å². The highest BCUT2D eigenvalue weighted by molar-refractivity contribution is 5.66. The maximum atomic E-state index is 4.19. The average molecular weight is 188 g/mol. The number of hydrogen-bond donors (Lipinski definition) is 0. The Morgan fingerprint density at radius 1 is 1.07 bits per heavy atom. The molecule has 0 aliphatic carbocycles. The van der Waals surface area contributed by atoms with Crippen molar-refractivity contribution in [3.8, 4) is 0 Å². The zero-order valence-electron chi connectivity index (χ0n) is 9.04. The van der Waals surface area contributed by atoms with Gasteiger partial charge in [-0.05, 0) is 12.8 Å². The van der Waals surface area contributed by atoms with Crippen molar-refractivity contribution < 1.29 is 0 Å². The molecule has 0 radical (unpaired) electrons. The second-order valence-electron chi connectivity index (χ2n) is 3.56. The van der Waals surface area contributed by atoms with Crippen molar-refractivity contribution in [3.05, 3.63) is 35.7 Å². The van der Waals surface area contributed by atoms with Crippen LogP contribution in [0.3, 0.4) is 0 Å². The van der Waals surface area contributed by atoms with Crippen LogP contribution in [0, 0.1) is 6.92 Å². The number of aromatic nitrogens is 2. The first-order valence-corrected chi connectivity index (χ1v) is 4.73. The SMILES string of the molecule is C=Cc1c(C)nnc(C(C)C)c1C=C. The van der Waals surface area contributed by atoms with E-state index < -0.39 is 0 Å². The van der Waals surface area contributed by atoms with E-state index in [9.17, 15) is 0 Å². The molecule has 1 heterocycles. The fraction of sp³-hybridized carbons (Fsp3) is 0.333. The largest absolute Gasteiger partial charge is 0.155 e. The van der Waals surface area contributed by atoms with Crippen molar-refractivity contribution in [1.82, 2.24) is 10.2 Å². The van der Waals surface area contributed by atoms with Gasteiger partial charge in [-0.2, -0.15) is 10.2 Å². The molecule has 0 bridgehead atoms. The van der Waals surface area contributed by atoms with Gasteiger partial charge in [0.15, 0.2) is 0 Å². The molecule has 1 aromatic rings. The Hall–Kier alpha value is -1.44. The van der Waals surface area contributed by atoms with Crippen molar-refractivity contribution in [1.29, 1.82) is 0 Å². The van der Waals surface area contributed by atoms with Gasteiger partial charge in [0.05, 0.1) is 11.4 Å². The molecular formula is C12H16N2. The van der Waals surface area contributed by atoms with E-state index in [1.807, 2.05) is 19.1 Å². The number of nitrogens with zero attached hydrogens (tertiary/aromatic N) is 2. The predicted molar refractivity (Wildman–Crippen MR) is 61.0 cm³/mol. The molecule has 0 unspecified atom stereocenters. The molecule has 14 heavy (non-hydrogen) atoms. The van der Waals surface area contributed by atoms with E-state index in [0.29, 0.717) is 5.92 Å². The number of rotatable bonds is 3. The molecule has 0 fully saturated rings. The van der Waals surface area contributed by atoms with E-state index in [4.69, 9.17) is 0 Å². The van der Waals surface area contributed by atoms with Crippen molar-refractivity contribution in [2.75, 3.05) is 0 Å². The molecule has 0 aliphatic heterocycles. The molecule has 1 rings (SSSR count). The zero-order chi connectivity index (χ0) is 10.7. The van der Waals surface area contributed by atoms with Crippen LogP contribution in [-0.2, 0) is 0 Å². The smallest absolute Gasteiger partial charge is 0.0734 e.